The van der Waals surface area contributed by atoms with Gasteiger partial charge in [-0.3, -0.25) is 14.6 Å². The summed E-state index contributed by atoms with van der Waals surface area (Å²) in [6.07, 6.45) is 6.61. The third-order valence-corrected chi connectivity index (χ3v) is 6.33. The minimum atomic E-state index is -0.811. The molecule has 1 amide bonds. The normalized spacial score (nSPS) is 15.1. The van der Waals surface area contributed by atoms with Gasteiger partial charge in [0.25, 0.3) is 0 Å². The van der Waals surface area contributed by atoms with Crippen LogP contribution in [0.5, 0.6) is 11.5 Å². The van der Waals surface area contributed by atoms with E-state index >= 15 is 0 Å². The number of anilines is 2. The molecule has 3 aromatic rings. The van der Waals surface area contributed by atoms with Crippen LogP contribution in [0.3, 0.4) is 0 Å². The number of rotatable bonds is 12. The van der Waals surface area contributed by atoms with Crippen molar-refractivity contribution in [3.8, 4) is 11.5 Å². The number of nitrogens with one attached hydrogen (secondary N) is 1. The number of aliphatic carboxylic acids is 1. The molecule has 9 nitrogen and oxygen atoms in total. The Balaban J connectivity index is 1.29. The van der Waals surface area contributed by atoms with E-state index in [1.54, 1.807) is 12.4 Å². The largest absolute Gasteiger partial charge is 0.490 e. The van der Waals surface area contributed by atoms with Crippen LogP contribution in [0.15, 0.2) is 60.9 Å². The number of aromatic nitrogens is 2. The van der Waals surface area contributed by atoms with E-state index in [-0.39, 0.29) is 18.4 Å². The summed E-state index contributed by atoms with van der Waals surface area (Å²) >= 11 is 0. The summed E-state index contributed by atoms with van der Waals surface area (Å²) in [5.74, 6) is 1.65. The summed E-state index contributed by atoms with van der Waals surface area (Å²) in [5, 5.41) is 11.7. The van der Waals surface area contributed by atoms with Crippen LogP contribution in [-0.2, 0) is 22.4 Å². The van der Waals surface area contributed by atoms with Crippen LogP contribution >= 0.6 is 0 Å². The minimum Gasteiger partial charge on any atom is -0.490 e. The Morgan fingerprint density at radius 2 is 1.74 bits per heavy atom. The maximum absolute atomic E-state index is 12.6. The van der Waals surface area contributed by atoms with Crippen LogP contribution in [0.4, 0.5) is 11.6 Å². The highest BCUT2D eigenvalue weighted by molar-refractivity contribution is 5.89. The molecule has 1 saturated heterocycles. The molecule has 0 saturated carbocycles. The van der Waals surface area contributed by atoms with Crippen molar-refractivity contribution in [2.45, 2.75) is 51.6 Å². The van der Waals surface area contributed by atoms with E-state index < -0.39 is 5.97 Å². The highest BCUT2D eigenvalue weighted by Gasteiger charge is 2.24. The zero-order valence-electron chi connectivity index (χ0n) is 21.6. The first-order valence-corrected chi connectivity index (χ1v) is 13.0. The number of ether oxygens (including phenoxy) is 2. The van der Waals surface area contributed by atoms with Gasteiger partial charge in [0.15, 0.2) is 17.3 Å². The summed E-state index contributed by atoms with van der Waals surface area (Å²) < 4.78 is 12.0. The van der Waals surface area contributed by atoms with E-state index in [4.69, 9.17) is 14.6 Å². The van der Waals surface area contributed by atoms with Crippen LogP contribution in [0.1, 0.15) is 43.7 Å². The topological polar surface area (TPSA) is 114 Å². The molecule has 1 atom stereocenters. The lowest BCUT2D eigenvalue weighted by molar-refractivity contribution is -0.137. The Morgan fingerprint density at radius 3 is 2.45 bits per heavy atom. The monoisotopic (exact) mass is 518 g/mol. The molecule has 1 aliphatic heterocycles. The van der Waals surface area contributed by atoms with E-state index in [9.17, 15) is 9.59 Å². The van der Waals surface area contributed by atoms with E-state index in [0.29, 0.717) is 44.0 Å². The van der Waals surface area contributed by atoms with Crippen molar-refractivity contribution in [2.24, 2.45) is 0 Å². The number of carbonyl (C=O) groups excluding carboxylic acids is 1. The smallest absolute Gasteiger partial charge is 0.303 e. The van der Waals surface area contributed by atoms with E-state index in [1.165, 1.54) is 0 Å². The third kappa shape index (κ3) is 7.93. The van der Waals surface area contributed by atoms with Gasteiger partial charge >= 0.3 is 5.97 Å². The second-order valence-electron chi connectivity index (χ2n) is 9.23. The molecular formula is C29H34N4O5. The van der Waals surface area contributed by atoms with Gasteiger partial charge in [-0.1, -0.05) is 36.4 Å². The Labute approximate surface area is 222 Å². The number of carboxylic acids is 1. The molecule has 0 aliphatic carbocycles. The quantitative estimate of drug-likeness (QED) is 0.360. The van der Waals surface area contributed by atoms with Crippen molar-refractivity contribution in [2.75, 3.05) is 29.9 Å². The van der Waals surface area contributed by atoms with Gasteiger partial charge in [-0.25, -0.2) is 4.98 Å². The molecule has 2 N–H and O–H groups in total. The van der Waals surface area contributed by atoms with Crippen LogP contribution in [-0.4, -0.2) is 52.8 Å². The number of amides is 1. The van der Waals surface area contributed by atoms with Crippen molar-refractivity contribution < 1.29 is 24.2 Å². The SMILES string of the molecule is CCOc1ccccc1OC1CCCN(c2cncc(NC(=O)CCc3ccc(CCC(=O)O)cc3)n2)C1. The number of hydrogen-bond acceptors (Lipinski definition) is 7. The van der Waals surface area contributed by atoms with Gasteiger partial charge in [-0.2, -0.15) is 0 Å². The number of piperidine rings is 1. The third-order valence-electron chi connectivity index (χ3n) is 6.33. The van der Waals surface area contributed by atoms with Gasteiger partial charge in [-0.05, 0) is 55.9 Å². The highest BCUT2D eigenvalue weighted by atomic mass is 16.5. The predicted molar refractivity (Wildman–Crippen MR) is 145 cm³/mol. The molecule has 1 aliphatic rings. The van der Waals surface area contributed by atoms with Gasteiger partial charge in [0.1, 0.15) is 11.9 Å². The minimum absolute atomic E-state index is 0.0130. The Bertz CT molecular complexity index is 1220. The maximum atomic E-state index is 12.6. The molecule has 1 aromatic heterocycles. The molecule has 1 unspecified atom stereocenters. The first kappa shape index (κ1) is 26.9. The first-order chi connectivity index (χ1) is 18.5. The van der Waals surface area contributed by atoms with E-state index in [0.717, 1.165) is 42.0 Å². The summed E-state index contributed by atoms with van der Waals surface area (Å²) in [7, 11) is 0. The Morgan fingerprint density at radius 1 is 1.03 bits per heavy atom. The fraction of sp³-hybridized carbons (Fsp3) is 0.379. The molecule has 0 bridgehead atoms. The number of hydrogen-bond donors (Lipinski definition) is 2. The lowest BCUT2D eigenvalue weighted by atomic mass is 10.0. The summed E-state index contributed by atoms with van der Waals surface area (Å²) in [4.78, 5) is 34.4. The maximum Gasteiger partial charge on any atom is 0.303 e. The van der Waals surface area contributed by atoms with Gasteiger partial charge in [0.05, 0.1) is 25.5 Å². The number of aryl methyl sites for hydroxylation is 2. The molecular weight excluding hydrogens is 484 g/mol. The van der Waals surface area contributed by atoms with Crippen LogP contribution in [0, 0.1) is 0 Å². The average Bonchev–Trinajstić information content (AvgIpc) is 2.93. The number of nitrogens with zero attached hydrogens (tertiary/aromatic N) is 3. The number of carboxylic acid groups (broad SMARTS) is 1. The van der Waals surface area contributed by atoms with Crippen LogP contribution < -0.4 is 19.7 Å². The molecule has 0 spiro atoms. The summed E-state index contributed by atoms with van der Waals surface area (Å²) in [6, 6.07) is 15.4. The molecule has 1 fully saturated rings. The van der Waals surface area contributed by atoms with Gasteiger partial charge in [-0.15, -0.1) is 0 Å². The van der Waals surface area contributed by atoms with Gasteiger partial charge in [0.2, 0.25) is 5.91 Å². The first-order valence-electron chi connectivity index (χ1n) is 13.0. The second-order valence-corrected chi connectivity index (χ2v) is 9.23. The molecule has 2 aromatic carbocycles. The van der Waals surface area contributed by atoms with Crippen molar-refractivity contribution >= 4 is 23.5 Å². The predicted octanol–water partition coefficient (Wildman–Crippen LogP) is 4.51. The summed E-state index contributed by atoms with van der Waals surface area (Å²) in [6.45, 7) is 4.02. The lowest BCUT2D eigenvalue weighted by Gasteiger charge is -2.33. The molecule has 9 heteroatoms. The molecule has 0 radical (unpaired) electrons. The van der Waals surface area contributed by atoms with E-state index in [1.807, 2.05) is 55.5 Å². The molecule has 200 valence electrons. The fourth-order valence-electron chi connectivity index (χ4n) is 4.40. The summed E-state index contributed by atoms with van der Waals surface area (Å²) in [5.41, 5.74) is 1.99. The second kappa shape index (κ2) is 13.4. The van der Waals surface area contributed by atoms with Crippen LogP contribution in [0.25, 0.3) is 0 Å². The molecule has 4 rings (SSSR count). The zero-order chi connectivity index (χ0) is 26.7. The van der Waals surface area contributed by atoms with Crippen molar-refractivity contribution in [1.29, 1.82) is 0 Å². The zero-order valence-corrected chi connectivity index (χ0v) is 21.6. The average molecular weight is 519 g/mol. The number of para-hydroxylation sites is 2. The van der Waals surface area contributed by atoms with Crippen molar-refractivity contribution in [3.63, 3.8) is 0 Å². The highest BCUT2D eigenvalue weighted by Crippen LogP contribution is 2.30. The lowest BCUT2D eigenvalue weighted by Crippen LogP contribution is -2.41. The Hall–Kier alpha value is -4.14. The van der Waals surface area contributed by atoms with Crippen molar-refractivity contribution in [3.05, 3.63) is 72.1 Å². The molecule has 2 heterocycles. The standard InChI is InChI=1S/C29H34N4O5/c1-2-37-24-7-3-4-8-25(24)38-23-6-5-17-33(20-23)27-19-30-18-26(31-27)32-28(34)15-13-21-9-11-22(12-10-21)14-16-29(35)36/h3-4,7-12,18-19,23H,2,5-6,13-17,20H2,1H3,(H,35,36)(H,31,32,34). The fourth-order valence-corrected chi connectivity index (χ4v) is 4.40. The molecule has 38 heavy (non-hydrogen) atoms. The van der Waals surface area contributed by atoms with Gasteiger partial charge in [0, 0.05) is 19.4 Å². The van der Waals surface area contributed by atoms with E-state index in [2.05, 4.69) is 20.2 Å². The van der Waals surface area contributed by atoms with Gasteiger partial charge < -0.3 is 24.8 Å². The number of benzene rings is 2. The number of carbonyl (C=O) groups is 2. The van der Waals surface area contributed by atoms with Crippen molar-refractivity contribution in [1.82, 2.24) is 9.97 Å². The van der Waals surface area contributed by atoms with Crippen LogP contribution in [0.2, 0.25) is 0 Å². The Kier molecular flexibility index (Phi) is 9.50.